The Bertz CT molecular complexity index is 1040. The maximum absolute atomic E-state index is 13.2. The number of halogens is 1. The smallest absolute Gasteiger partial charge is 0.146 e. The lowest BCUT2D eigenvalue weighted by Gasteiger charge is -2.39. The minimum Gasteiger partial charge on any atom is -0.394 e. The van der Waals surface area contributed by atoms with E-state index >= 15 is 0 Å². The van der Waals surface area contributed by atoms with Crippen LogP contribution in [0.4, 0.5) is 4.39 Å². The van der Waals surface area contributed by atoms with Crippen LogP contribution in [0.5, 0.6) is 0 Å². The Hall–Kier alpha value is -2.17. The fraction of sp³-hybridized carbons (Fsp3) is 0.333. The summed E-state index contributed by atoms with van der Waals surface area (Å²) in [5.74, 6) is -0.319. The van der Waals surface area contributed by atoms with Gasteiger partial charge in [-0.05, 0) is 47.9 Å². The van der Waals surface area contributed by atoms with E-state index < -0.39 is 37.1 Å². The fourth-order valence-electron chi connectivity index (χ4n) is 3.76. The van der Waals surface area contributed by atoms with Gasteiger partial charge in [0.05, 0.1) is 13.2 Å². The lowest BCUT2D eigenvalue weighted by molar-refractivity contribution is -0.196. The largest absolute Gasteiger partial charge is 0.394 e. The molecule has 3 rings (SSSR count). The first kappa shape index (κ1) is 24.5. The van der Waals surface area contributed by atoms with Crippen molar-refractivity contribution in [2.75, 3.05) is 13.2 Å². The van der Waals surface area contributed by atoms with Crippen LogP contribution in [-0.2, 0) is 12.0 Å². The van der Waals surface area contributed by atoms with Crippen LogP contribution in [0.15, 0.2) is 54.6 Å². The van der Waals surface area contributed by atoms with Crippen LogP contribution in [0.2, 0.25) is 0 Å². The number of aliphatic hydroxyl groups is 6. The predicted molar refractivity (Wildman–Crippen MR) is 120 cm³/mol. The summed E-state index contributed by atoms with van der Waals surface area (Å²) in [4.78, 5) is 1.84. The molecule has 6 nitrogen and oxygen atoms in total. The summed E-state index contributed by atoms with van der Waals surface area (Å²) >= 11 is 1.48. The SMILES string of the molecule is Cc1ccc([C@](O)([C@H](O)[C@H](O)CO)[C@@H](O)CO)c(Cc2ccc(-c3ccc(F)cc3)s2)c1. The monoisotopic (exact) mass is 462 g/mol. The van der Waals surface area contributed by atoms with E-state index in [0.29, 0.717) is 12.0 Å². The first-order valence-electron chi connectivity index (χ1n) is 10.1. The number of aliphatic hydroxyl groups excluding tert-OH is 5. The third-order valence-electron chi connectivity index (χ3n) is 5.53. The molecule has 0 fully saturated rings. The van der Waals surface area contributed by atoms with Crippen molar-refractivity contribution in [3.05, 3.63) is 82.0 Å². The number of hydrogen-bond acceptors (Lipinski definition) is 7. The van der Waals surface area contributed by atoms with Crippen molar-refractivity contribution in [1.82, 2.24) is 0 Å². The van der Waals surface area contributed by atoms with Gasteiger partial charge in [-0.3, -0.25) is 0 Å². The summed E-state index contributed by atoms with van der Waals surface area (Å²) in [6.07, 6.45) is -5.15. The highest BCUT2D eigenvalue weighted by atomic mass is 32.1. The zero-order valence-electron chi connectivity index (χ0n) is 17.5. The summed E-state index contributed by atoms with van der Waals surface area (Å²) in [6.45, 7) is 0.147. The average molecular weight is 463 g/mol. The Labute approximate surface area is 189 Å². The zero-order chi connectivity index (χ0) is 23.5. The van der Waals surface area contributed by atoms with Gasteiger partial charge in [-0.2, -0.15) is 0 Å². The maximum atomic E-state index is 13.2. The van der Waals surface area contributed by atoms with E-state index in [9.17, 15) is 35.0 Å². The molecule has 6 N–H and O–H groups in total. The third-order valence-corrected chi connectivity index (χ3v) is 6.66. The molecule has 0 radical (unpaired) electrons. The van der Waals surface area contributed by atoms with Gasteiger partial charge in [0.1, 0.15) is 29.7 Å². The molecule has 1 aromatic heterocycles. The molecule has 0 aliphatic heterocycles. The van der Waals surface area contributed by atoms with E-state index in [1.807, 2.05) is 19.1 Å². The first-order valence-corrected chi connectivity index (χ1v) is 10.9. The van der Waals surface area contributed by atoms with Crippen LogP contribution in [0.3, 0.4) is 0 Å². The van der Waals surface area contributed by atoms with Gasteiger partial charge in [0.15, 0.2) is 0 Å². The van der Waals surface area contributed by atoms with Gasteiger partial charge in [0.2, 0.25) is 0 Å². The van der Waals surface area contributed by atoms with Gasteiger partial charge in [0, 0.05) is 16.2 Å². The molecule has 0 amide bonds. The minimum atomic E-state index is -2.42. The van der Waals surface area contributed by atoms with E-state index in [4.69, 9.17) is 0 Å². The van der Waals surface area contributed by atoms with E-state index in [1.165, 1.54) is 29.5 Å². The van der Waals surface area contributed by atoms with Crippen molar-refractivity contribution < 1.29 is 35.0 Å². The Kier molecular flexibility index (Phi) is 7.79. The van der Waals surface area contributed by atoms with Gasteiger partial charge in [-0.15, -0.1) is 11.3 Å². The molecule has 3 aromatic rings. The summed E-state index contributed by atoms with van der Waals surface area (Å²) in [5, 5.41) is 61.0. The number of hydrogen-bond donors (Lipinski definition) is 6. The summed E-state index contributed by atoms with van der Waals surface area (Å²) in [7, 11) is 0. The summed E-state index contributed by atoms with van der Waals surface area (Å²) in [6, 6.07) is 15.0. The third kappa shape index (κ3) is 4.92. The van der Waals surface area contributed by atoms with Gasteiger partial charge in [-0.1, -0.05) is 35.9 Å². The second kappa shape index (κ2) is 10.2. The van der Waals surface area contributed by atoms with Crippen molar-refractivity contribution in [2.24, 2.45) is 0 Å². The van der Waals surface area contributed by atoms with Crippen LogP contribution in [0.1, 0.15) is 21.6 Å². The van der Waals surface area contributed by atoms with Gasteiger partial charge < -0.3 is 30.6 Å². The fourth-order valence-corrected chi connectivity index (χ4v) is 4.79. The number of thiophene rings is 1. The lowest BCUT2D eigenvalue weighted by Crippen LogP contribution is -2.56. The Morgan fingerprint density at radius 1 is 0.938 bits per heavy atom. The van der Waals surface area contributed by atoms with Crippen LogP contribution < -0.4 is 0 Å². The summed E-state index contributed by atoms with van der Waals surface area (Å²) < 4.78 is 13.2. The van der Waals surface area contributed by atoms with Crippen molar-refractivity contribution in [1.29, 1.82) is 0 Å². The highest BCUT2D eigenvalue weighted by Gasteiger charge is 2.48. The second-order valence-corrected chi connectivity index (χ2v) is 9.00. The molecule has 0 saturated carbocycles. The molecule has 2 aromatic carbocycles. The molecule has 1 heterocycles. The second-order valence-electron chi connectivity index (χ2n) is 7.83. The van der Waals surface area contributed by atoms with Crippen molar-refractivity contribution in [3.8, 4) is 10.4 Å². The Balaban J connectivity index is 2.01. The van der Waals surface area contributed by atoms with Gasteiger partial charge in [-0.25, -0.2) is 4.39 Å². The molecule has 0 spiro atoms. The average Bonchev–Trinajstić information content (AvgIpc) is 3.25. The van der Waals surface area contributed by atoms with Crippen LogP contribution in [0.25, 0.3) is 10.4 Å². The molecule has 4 atom stereocenters. The summed E-state index contributed by atoms with van der Waals surface area (Å²) in [5.41, 5.74) is 0.0350. The van der Waals surface area contributed by atoms with E-state index in [-0.39, 0.29) is 11.4 Å². The molecule has 0 aliphatic carbocycles. The van der Waals surface area contributed by atoms with Crippen molar-refractivity contribution in [2.45, 2.75) is 37.3 Å². The van der Waals surface area contributed by atoms with Gasteiger partial charge >= 0.3 is 0 Å². The Morgan fingerprint density at radius 3 is 2.25 bits per heavy atom. The Morgan fingerprint density at radius 2 is 1.62 bits per heavy atom. The van der Waals surface area contributed by atoms with E-state index in [2.05, 4.69) is 0 Å². The van der Waals surface area contributed by atoms with Crippen LogP contribution in [-0.4, -0.2) is 62.2 Å². The molecule has 0 unspecified atom stereocenters. The molecule has 8 heteroatoms. The maximum Gasteiger partial charge on any atom is 0.146 e. The highest BCUT2D eigenvalue weighted by molar-refractivity contribution is 7.15. The molecule has 0 saturated heterocycles. The lowest BCUT2D eigenvalue weighted by atomic mass is 9.77. The zero-order valence-corrected chi connectivity index (χ0v) is 18.3. The minimum absolute atomic E-state index is 0.140. The van der Waals surface area contributed by atoms with Gasteiger partial charge in [0.25, 0.3) is 0 Å². The normalized spacial score (nSPS) is 16.4. The van der Waals surface area contributed by atoms with Crippen LogP contribution in [0, 0.1) is 12.7 Å². The number of benzene rings is 2. The highest BCUT2D eigenvalue weighted by Crippen LogP contribution is 2.36. The quantitative estimate of drug-likeness (QED) is 0.288. The van der Waals surface area contributed by atoms with E-state index in [1.54, 1.807) is 24.3 Å². The number of rotatable bonds is 9. The standard InChI is InChI=1S/C24H27FO6S/c1-14-2-8-19(24(31,22(29)13-27)23(30)20(28)12-26)16(10-14)11-18-7-9-21(32-18)15-3-5-17(25)6-4-15/h2-10,20,22-23,26-31H,11-13H2,1H3/t20-,22+,23-,24-/m1/s1. The topological polar surface area (TPSA) is 121 Å². The van der Waals surface area contributed by atoms with Crippen molar-refractivity contribution in [3.63, 3.8) is 0 Å². The predicted octanol–water partition coefficient (Wildman–Crippen LogP) is 1.71. The molecule has 0 bridgehead atoms. The van der Waals surface area contributed by atoms with Crippen molar-refractivity contribution >= 4 is 11.3 Å². The first-order chi connectivity index (χ1) is 15.2. The molecule has 32 heavy (non-hydrogen) atoms. The molecule has 172 valence electrons. The number of aryl methyl sites for hydroxylation is 1. The van der Waals surface area contributed by atoms with E-state index in [0.717, 1.165) is 20.9 Å². The van der Waals surface area contributed by atoms with Crippen LogP contribution >= 0.6 is 11.3 Å². The molecular weight excluding hydrogens is 435 g/mol. The molecule has 0 aliphatic rings. The molecular formula is C24H27FO6S.